The highest BCUT2D eigenvalue weighted by Gasteiger charge is 2.20. The van der Waals surface area contributed by atoms with E-state index in [1.807, 2.05) is 31.2 Å². The lowest BCUT2D eigenvalue weighted by atomic mass is 10.1. The zero-order valence-corrected chi connectivity index (χ0v) is 19.3. The first-order valence-corrected chi connectivity index (χ1v) is 11.8. The van der Waals surface area contributed by atoms with Crippen LogP contribution in [0.3, 0.4) is 0 Å². The van der Waals surface area contributed by atoms with Crippen LogP contribution >= 0.6 is 0 Å². The summed E-state index contributed by atoms with van der Waals surface area (Å²) < 4.78 is 38.8. The Labute approximate surface area is 189 Å². The van der Waals surface area contributed by atoms with Crippen molar-refractivity contribution >= 4 is 15.9 Å². The Bertz CT molecular complexity index is 1160. The first-order valence-electron chi connectivity index (χ1n) is 10.3. The summed E-state index contributed by atoms with van der Waals surface area (Å²) in [6.07, 6.45) is 2.13. The lowest BCUT2D eigenvalue weighted by molar-refractivity contribution is 0.0787. The van der Waals surface area contributed by atoms with Crippen LogP contribution in [-0.4, -0.2) is 39.4 Å². The first-order chi connectivity index (χ1) is 15.3. The molecular formula is C24H28N2O5S. The lowest BCUT2D eigenvalue weighted by Gasteiger charge is -2.19. The van der Waals surface area contributed by atoms with E-state index in [0.717, 1.165) is 11.3 Å². The Balaban J connectivity index is 1.60. The molecule has 3 aromatic rings. The van der Waals surface area contributed by atoms with Gasteiger partial charge in [0.05, 0.1) is 24.3 Å². The predicted molar refractivity (Wildman–Crippen MR) is 122 cm³/mol. The van der Waals surface area contributed by atoms with Gasteiger partial charge in [-0.3, -0.25) is 4.79 Å². The minimum absolute atomic E-state index is 0.0350. The largest absolute Gasteiger partial charge is 0.493 e. The van der Waals surface area contributed by atoms with Crippen molar-refractivity contribution in [2.24, 2.45) is 0 Å². The van der Waals surface area contributed by atoms with Crippen molar-refractivity contribution in [2.45, 2.75) is 31.7 Å². The van der Waals surface area contributed by atoms with Gasteiger partial charge in [-0.2, -0.15) is 0 Å². The van der Waals surface area contributed by atoms with Crippen molar-refractivity contribution in [1.29, 1.82) is 0 Å². The van der Waals surface area contributed by atoms with Crippen LogP contribution in [0.1, 0.15) is 33.7 Å². The molecule has 0 spiro atoms. The third-order valence-corrected chi connectivity index (χ3v) is 6.50. The molecule has 170 valence electrons. The fourth-order valence-electron chi connectivity index (χ4n) is 3.17. The van der Waals surface area contributed by atoms with Crippen LogP contribution in [0.15, 0.2) is 70.2 Å². The topological polar surface area (TPSA) is 88.8 Å². The van der Waals surface area contributed by atoms with Gasteiger partial charge in [0.2, 0.25) is 10.0 Å². The number of benzene rings is 2. The highest BCUT2D eigenvalue weighted by atomic mass is 32.2. The molecule has 0 atom stereocenters. The van der Waals surface area contributed by atoms with Gasteiger partial charge in [0.15, 0.2) is 0 Å². The fourth-order valence-corrected chi connectivity index (χ4v) is 4.19. The monoisotopic (exact) mass is 456 g/mol. The molecular weight excluding hydrogens is 428 g/mol. The van der Waals surface area contributed by atoms with Crippen LogP contribution in [0.5, 0.6) is 5.75 Å². The summed E-state index contributed by atoms with van der Waals surface area (Å²) in [6.45, 7) is 4.77. The molecule has 0 aliphatic rings. The van der Waals surface area contributed by atoms with Crippen molar-refractivity contribution in [1.82, 2.24) is 9.62 Å². The van der Waals surface area contributed by atoms with E-state index in [1.54, 1.807) is 37.1 Å². The van der Waals surface area contributed by atoms with Gasteiger partial charge in [0.1, 0.15) is 11.5 Å². The minimum atomic E-state index is -3.79. The number of nitrogens with one attached hydrogen (secondary N) is 1. The molecule has 32 heavy (non-hydrogen) atoms. The molecule has 0 bridgehead atoms. The van der Waals surface area contributed by atoms with Gasteiger partial charge in [-0.15, -0.1) is 0 Å². The van der Waals surface area contributed by atoms with E-state index in [4.69, 9.17) is 9.15 Å². The minimum Gasteiger partial charge on any atom is -0.493 e. The normalized spacial score (nSPS) is 11.3. The molecule has 3 rings (SSSR count). The molecule has 0 aliphatic heterocycles. The quantitative estimate of drug-likeness (QED) is 0.467. The van der Waals surface area contributed by atoms with E-state index in [1.165, 1.54) is 18.4 Å². The molecule has 1 N–H and O–H groups in total. The van der Waals surface area contributed by atoms with Crippen LogP contribution < -0.4 is 9.46 Å². The van der Waals surface area contributed by atoms with E-state index >= 15 is 0 Å². The maximum Gasteiger partial charge on any atom is 0.253 e. The number of amides is 1. The number of carbonyl (C=O) groups is 1. The Kier molecular flexibility index (Phi) is 7.71. The molecule has 0 aliphatic carbocycles. The average molecular weight is 457 g/mol. The fraction of sp³-hybridized carbons (Fsp3) is 0.292. The smallest absolute Gasteiger partial charge is 0.253 e. The Morgan fingerprint density at radius 2 is 1.84 bits per heavy atom. The van der Waals surface area contributed by atoms with E-state index < -0.39 is 10.0 Å². The van der Waals surface area contributed by atoms with Gasteiger partial charge in [0.25, 0.3) is 5.91 Å². The second-order valence-electron chi connectivity index (χ2n) is 7.57. The summed E-state index contributed by atoms with van der Waals surface area (Å²) in [5.74, 6) is 1.10. The molecule has 0 saturated carbocycles. The number of ether oxygens (including phenoxy) is 1. The summed E-state index contributed by atoms with van der Waals surface area (Å²) >= 11 is 0. The lowest BCUT2D eigenvalue weighted by Crippen LogP contribution is -2.30. The van der Waals surface area contributed by atoms with Crippen LogP contribution in [0.25, 0.3) is 0 Å². The molecule has 0 fully saturated rings. The standard InChI is InChI=1S/C24H28N2O5S/c1-18-11-12-21(32(28,29)25-17-20-9-6-14-30-20)16-22(18)24(27)26(3)13-7-15-31-23-10-5-4-8-19(23)2/h4-6,8-12,14,16,25H,7,13,15,17H2,1-3H3. The molecule has 0 saturated heterocycles. The third kappa shape index (κ3) is 5.99. The van der Waals surface area contributed by atoms with Crippen molar-refractivity contribution in [2.75, 3.05) is 20.2 Å². The number of nitrogens with zero attached hydrogens (tertiary/aromatic N) is 1. The molecule has 1 amide bonds. The van der Waals surface area contributed by atoms with Crippen molar-refractivity contribution in [3.05, 3.63) is 83.3 Å². The SMILES string of the molecule is Cc1ccccc1OCCCN(C)C(=O)c1cc(S(=O)(=O)NCc2ccco2)ccc1C. The zero-order chi connectivity index (χ0) is 23.1. The van der Waals surface area contributed by atoms with Crippen molar-refractivity contribution < 1.29 is 22.4 Å². The van der Waals surface area contributed by atoms with Crippen molar-refractivity contribution in [3.63, 3.8) is 0 Å². The first kappa shape index (κ1) is 23.6. The number of hydrogen-bond donors (Lipinski definition) is 1. The number of furan rings is 1. The van der Waals surface area contributed by atoms with E-state index in [9.17, 15) is 13.2 Å². The maximum atomic E-state index is 13.0. The van der Waals surface area contributed by atoms with Gasteiger partial charge in [-0.25, -0.2) is 13.1 Å². The number of aryl methyl sites for hydroxylation is 2. The highest BCUT2D eigenvalue weighted by Crippen LogP contribution is 2.19. The molecule has 7 nitrogen and oxygen atoms in total. The van der Waals surface area contributed by atoms with Gasteiger partial charge in [0, 0.05) is 19.2 Å². The molecule has 8 heteroatoms. The molecule has 0 radical (unpaired) electrons. The highest BCUT2D eigenvalue weighted by molar-refractivity contribution is 7.89. The summed E-state index contributed by atoms with van der Waals surface area (Å²) in [5, 5.41) is 0. The molecule has 1 heterocycles. The van der Waals surface area contributed by atoms with Gasteiger partial charge < -0.3 is 14.1 Å². The van der Waals surface area contributed by atoms with E-state index in [-0.39, 0.29) is 17.3 Å². The van der Waals surface area contributed by atoms with Crippen LogP contribution in [-0.2, 0) is 16.6 Å². The summed E-state index contributed by atoms with van der Waals surface area (Å²) in [6, 6.07) is 15.7. The Hall–Kier alpha value is -3.10. The summed E-state index contributed by atoms with van der Waals surface area (Å²) in [4.78, 5) is 14.6. The number of sulfonamides is 1. The summed E-state index contributed by atoms with van der Waals surface area (Å²) in [7, 11) is -2.09. The number of hydrogen-bond acceptors (Lipinski definition) is 5. The van der Waals surface area contributed by atoms with Crippen LogP contribution in [0.2, 0.25) is 0 Å². The number of para-hydroxylation sites is 1. The van der Waals surface area contributed by atoms with E-state index in [2.05, 4.69) is 4.72 Å². The summed E-state index contributed by atoms with van der Waals surface area (Å²) in [5.41, 5.74) is 2.13. The second-order valence-corrected chi connectivity index (χ2v) is 9.34. The van der Waals surface area contributed by atoms with Gasteiger partial charge in [-0.05, 0) is 61.7 Å². The average Bonchev–Trinajstić information content (AvgIpc) is 3.30. The van der Waals surface area contributed by atoms with Crippen molar-refractivity contribution in [3.8, 4) is 5.75 Å². The zero-order valence-electron chi connectivity index (χ0n) is 18.5. The number of rotatable bonds is 10. The Morgan fingerprint density at radius 3 is 2.56 bits per heavy atom. The second kappa shape index (κ2) is 10.5. The van der Waals surface area contributed by atoms with Crippen LogP contribution in [0, 0.1) is 13.8 Å². The molecule has 0 unspecified atom stereocenters. The molecule has 2 aromatic carbocycles. The predicted octanol–water partition coefficient (Wildman–Crippen LogP) is 3.92. The third-order valence-electron chi connectivity index (χ3n) is 5.10. The van der Waals surface area contributed by atoms with Crippen LogP contribution in [0.4, 0.5) is 0 Å². The van der Waals surface area contributed by atoms with Gasteiger partial charge in [-0.1, -0.05) is 24.3 Å². The van der Waals surface area contributed by atoms with E-state index in [0.29, 0.717) is 36.5 Å². The molecule has 1 aromatic heterocycles. The van der Waals surface area contributed by atoms with Gasteiger partial charge >= 0.3 is 0 Å². The maximum absolute atomic E-state index is 13.0. The number of carbonyl (C=O) groups excluding carboxylic acids is 1. The Morgan fingerprint density at radius 1 is 1.06 bits per heavy atom.